The minimum atomic E-state index is -0.758. The Labute approximate surface area is 147 Å². The summed E-state index contributed by atoms with van der Waals surface area (Å²) in [6.07, 6.45) is 0. The molecule has 0 radical (unpaired) electrons. The average molecular weight is 342 g/mol. The molecule has 5 nitrogen and oxygen atoms in total. The molecule has 0 bridgehead atoms. The van der Waals surface area contributed by atoms with Crippen LogP contribution in [0, 0.1) is 5.92 Å². The van der Waals surface area contributed by atoms with Crippen molar-refractivity contribution >= 4 is 0 Å². The summed E-state index contributed by atoms with van der Waals surface area (Å²) in [4.78, 5) is 0. The van der Waals surface area contributed by atoms with Gasteiger partial charge < -0.3 is 23.7 Å². The Bertz CT molecular complexity index is 803. The number of hydrogen-bond donors (Lipinski definition) is 0. The van der Waals surface area contributed by atoms with Gasteiger partial charge in [0.05, 0.1) is 7.11 Å². The molecule has 132 valence electrons. The van der Waals surface area contributed by atoms with Gasteiger partial charge >= 0.3 is 0 Å². The van der Waals surface area contributed by atoms with Crippen LogP contribution in [-0.4, -0.2) is 26.8 Å². The Morgan fingerprint density at radius 2 is 1.72 bits per heavy atom. The molecule has 0 unspecified atom stereocenters. The van der Waals surface area contributed by atoms with Crippen molar-refractivity contribution in [2.24, 2.45) is 5.92 Å². The van der Waals surface area contributed by atoms with Gasteiger partial charge in [-0.15, -0.1) is 0 Å². The first-order chi connectivity index (χ1) is 12.1. The number of fused-ring (bicyclic) bond motifs is 2. The van der Waals surface area contributed by atoms with E-state index in [0.29, 0.717) is 5.75 Å². The van der Waals surface area contributed by atoms with Crippen molar-refractivity contribution in [1.29, 1.82) is 0 Å². The van der Waals surface area contributed by atoms with Crippen LogP contribution in [0.15, 0.2) is 36.4 Å². The molecular weight excluding hydrogens is 320 g/mol. The van der Waals surface area contributed by atoms with Crippen LogP contribution < -0.4 is 18.9 Å². The highest BCUT2D eigenvalue weighted by Crippen LogP contribution is 2.53. The molecule has 0 aromatic heterocycles. The molecule has 2 heterocycles. The number of rotatable bonds is 3. The van der Waals surface area contributed by atoms with Crippen LogP contribution in [-0.2, 0) is 4.74 Å². The van der Waals surface area contributed by atoms with E-state index < -0.39 is 5.79 Å². The fraction of sp³-hybridized carbons (Fsp3) is 0.400. The maximum atomic E-state index is 6.23. The Hall–Kier alpha value is -2.40. The third kappa shape index (κ3) is 2.42. The van der Waals surface area contributed by atoms with E-state index in [-0.39, 0.29) is 18.6 Å². The molecule has 5 heteroatoms. The van der Waals surface area contributed by atoms with Gasteiger partial charge in [0, 0.05) is 43.1 Å². The van der Waals surface area contributed by atoms with Crippen LogP contribution in [0.1, 0.15) is 30.9 Å². The molecule has 2 aromatic carbocycles. The van der Waals surface area contributed by atoms with Crippen molar-refractivity contribution in [1.82, 2.24) is 0 Å². The Morgan fingerprint density at radius 1 is 1.00 bits per heavy atom. The number of hydrogen-bond acceptors (Lipinski definition) is 5. The fourth-order valence-corrected chi connectivity index (χ4v) is 3.74. The van der Waals surface area contributed by atoms with E-state index in [1.54, 1.807) is 14.2 Å². The molecule has 0 spiro atoms. The number of benzene rings is 2. The summed E-state index contributed by atoms with van der Waals surface area (Å²) in [5, 5.41) is 0. The van der Waals surface area contributed by atoms with Gasteiger partial charge in [-0.1, -0.05) is 25.1 Å². The van der Waals surface area contributed by atoms with Crippen LogP contribution >= 0.6 is 0 Å². The van der Waals surface area contributed by atoms with Crippen molar-refractivity contribution in [2.75, 3.05) is 21.0 Å². The maximum absolute atomic E-state index is 6.23. The first kappa shape index (κ1) is 16.1. The third-order valence-corrected chi connectivity index (χ3v) is 5.36. The normalized spacial score (nSPS) is 26.7. The minimum absolute atomic E-state index is 0.0411. The standard InChI is InChI=1S/C20H22O5/c1-12-19(13-7-5-6-8-15(13)21-3)14-9-17-18(24-11-23-17)10-16(14)25-20(12,2)22-4/h5-10,12,19H,11H2,1-4H3/t12-,19+,20+/m0/s1. The van der Waals surface area contributed by atoms with E-state index >= 15 is 0 Å². The molecule has 0 amide bonds. The topological polar surface area (TPSA) is 46.2 Å². The van der Waals surface area contributed by atoms with Gasteiger partial charge in [0.15, 0.2) is 11.5 Å². The molecule has 3 atom stereocenters. The van der Waals surface area contributed by atoms with E-state index in [9.17, 15) is 0 Å². The molecule has 0 N–H and O–H groups in total. The summed E-state index contributed by atoms with van der Waals surface area (Å²) >= 11 is 0. The second kappa shape index (κ2) is 5.85. The van der Waals surface area contributed by atoms with E-state index in [4.69, 9.17) is 23.7 Å². The number of ether oxygens (including phenoxy) is 5. The van der Waals surface area contributed by atoms with E-state index in [0.717, 1.165) is 28.4 Å². The van der Waals surface area contributed by atoms with E-state index in [1.165, 1.54) is 0 Å². The van der Waals surface area contributed by atoms with Crippen molar-refractivity contribution in [3.63, 3.8) is 0 Å². The third-order valence-electron chi connectivity index (χ3n) is 5.36. The van der Waals surface area contributed by atoms with Crippen molar-refractivity contribution in [2.45, 2.75) is 25.6 Å². The maximum Gasteiger partial charge on any atom is 0.231 e. The lowest BCUT2D eigenvalue weighted by Gasteiger charge is -2.44. The molecule has 4 rings (SSSR count). The molecular formula is C20H22O5. The van der Waals surface area contributed by atoms with Gasteiger partial charge in [0.1, 0.15) is 11.5 Å². The quantitative estimate of drug-likeness (QED) is 0.845. The van der Waals surface area contributed by atoms with Crippen LogP contribution in [0.3, 0.4) is 0 Å². The second-order valence-corrected chi connectivity index (χ2v) is 6.57. The highest BCUT2D eigenvalue weighted by molar-refractivity contribution is 5.57. The predicted octanol–water partition coefficient (Wildman–Crippen LogP) is 3.95. The molecule has 0 saturated heterocycles. The van der Waals surface area contributed by atoms with Gasteiger partial charge in [-0.25, -0.2) is 0 Å². The van der Waals surface area contributed by atoms with Crippen molar-refractivity contribution in [3.8, 4) is 23.0 Å². The number of methoxy groups -OCH3 is 2. The zero-order valence-electron chi connectivity index (χ0n) is 14.9. The van der Waals surface area contributed by atoms with E-state index in [2.05, 4.69) is 13.0 Å². The van der Waals surface area contributed by atoms with Gasteiger partial charge in [0.25, 0.3) is 0 Å². The monoisotopic (exact) mass is 342 g/mol. The zero-order valence-corrected chi connectivity index (χ0v) is 14.9. The predicted molar refractivity (Wildman–Crippen MR) is 92.6 cm³/mol. The number of para-hydroxylation sites is 1. The van der Waals surface area contributed by atoms with Crippen LogP contribution in [0.5, 0.6) is 23.0 Å². The Kier molecular flexibility index (Phi) is 3.76. The molecule has 2 aliphatic rings. The summed E-state index contributed by atoms with van der Waals surface area (Å²) in [7, 11) is 3.37. The summed E-state index contributed by atoms with van der Waals surface area (Å²) in [6.45, 7) is 4.33. The molecule has 0 saturated carbocycles. The highest BCUT2D eigenvalue weighted by atomic mass is 16.7. The zero-order chi connectivity index (χ0) is 17.6. The molecule has 2 aliphatic heterocycles. The van der Waals surface area contributed by atoms with Crippen molar-refractivity contribution < 1.29 is 23.7 Å². The first-order valence-corrected chi connectivity index (χ1v) is 8.38. The Morgan fingerprint density at radius 3 is 2.44 bits per heavy atom. The summed E-state index contributed by atoms with van der Waals surface area (Å²) in [5.74, 6) is 2.39. The van der Waals surface area contributed by atoms with Gasteiger partial charge in [-0.05, 0) is 12.1 Å². The molecule has 25 heavy (non-hydrogen) atoms. The lowest BCUT2D eigenvalue weighted by Crippen LogP contribution is -2.47. The fourth-order valence-electron chi connectivity index (χ4n) is 3.74. The second-order valence-electron chi connectivity index (χ2n) is 6.57. The molecule has 2 aromatic rings. The molecule has 0 aliphatic carbocycles. The van der Waals surface area contributed by atoms with Crippen molar-refractivity contribution in [3.05, 3.63) is 47.5 Å². The largest absolute Gasteiger partial charge is 0.496 e. The van der Waals surface area contributed by atoms with Crippen LogP contribution in [0.25, 0.3) is 0 Å². The summed E-state index contributed by atoms with van der Waals surface area (Å²) < 4.78 is 28.7. The highest BCUT2D eigenvalue weighted by Gasteiger charge is 2.46. The van der Waals surface area contributed by atoms with Gasteiger partial charge in [-0.3, -0.25) is 0 Å². The molecule has 0 fully saturated rings. The average Bonchev–Trinajstić information content (AvgIpc) is 3.08. The smallest absolute Gasteiger partial charge is 0.231 e. The minimum Gasteiger partial charge on any atom is -0.496 e. The lowest BCUT2D eigenvalue weighted by atomic mass is 9.75. The van der Waals surface area contributed by atoms with E-state index in [1.807, 2.05) is 37.3 Å². The lowest BCUT2D eigenvalue weighted by molar-refractivity contribution is -0.194. The first-order valence-electron chi connectivity index (χ1n) is 8.38. The summed E-state index contributed by atoms with van der Waals surface area (Å²) in [6, 6.07) is 12.0. The Balaban J connectivity index is 1.93. The van der Waals surface area contributed by atoms with Gasteiger partial charge in [-0.2, -0.15) is 0 Å². The van der Waals surface area contributed by atoms with Crippen LogP contribution in [0.4, 0.5) is 0 Å². The SMILES string of the molecule is COc1ccccc1[C@@H]1c2cc3c(cc2O[C@@](C)(OC)[C@H]1C)OCO3. The van der Waals surface area contributed by atoms with Crippen LogP contribution in [0.2, 0.25) is 0 Å². The van der Waals surface area contributed by atoms with Gasteiger partial charge in [0.2, 0.25) is 12.6 Å². The summed E-state index contributed by atoms with van der Waals surface area (Å²) in [5.41, 5.74) is 2.15.